The fourth-order valence-corrected chi connectivity index (χ4v) is 1.89. The Labute approximate surface area is 100 Å². The molecule has 1 aliphatic carbocycles. The summed E-state index contributed by atoms with van der Waals surface area (Å²) in [7, 11) is 0. The Kier molecular flexibility index (Phi) is 3.46. The lowest BCUT2D eigenvalue weighted by Gasteiger charge is -2.27. The number of anilines is 2. The molecular weight excluding hydrogens is 218 g/mol. The zero-order valence-electron chi connectivity index (χ0n) is 9.90. The van der Waals surface area contributed by atoms with Crippen molar-refractivity contribution >= 4 is 17.1 Å². The molecule has 5 nitrogen and oxygen atoms in total. The van der Waals surface area contributed by atoms with Crippen LogP contribution in [0.2, 0.25) is 0 Å². The molecule has 0 aliphatic heterocycles. The lowest BCUT2D eigenvalue weighted by atomic mass is 9.93. The second kappa shape index (κ2) is 5.03. The van der Waals surface area contributed by atoms with Gasteiger partial charge >= 0.3 is 0 Å². The molecule has 0 aromatic heterocycles. The van der Waals surface area contributed by atoms with Crippen LogP contribution < -0.4 is 10.6 Å². The molecule has 0 amide bonds. The average molecular weight is 235 g/mol. The van der Waals surface area contributed by atoms with E-state index in [9.17, 15) is 10.1 Å². The lowest BCUT2D eigenvalue weighted by molar-refractivity contribution is -0.384. The van der Waals surface area contributed by atoms with Gasteiger partial charge in [0.2, 0.25) is 0 Å². The molecule has 0 atom stereocenters. The second-order valence-electron chi connectivity index (χ2n) is 4.33. The van der Waals surface area contributed by atoms with Gasteiger partial charge in [0.25, 0.3) is 5.69 Å². The van der Waals surface area contributed by atoms with Crippen molar-refractivity contribution in [3.63, 3.8) is 0 Å². The molecule has 1 aromatic carbocycles. The van der Waals surface area contributed by atoms with Gasteiger partial charge in [-0.15, -0.1) is 0 Å². The first-order chi connectivity index (χ1) is 8.19. The van der Waals surface area contributed by atoms with Crippen LogP contribution in [0, 0.1) is 10.1 Å². The second-order valence-corrected chi connectivity index (χ2v) is 4.33. The summed E-state index contributed by atoms with van der Waals surface area (Å²) in [6.45, 7) is 2.72. The summed E-state index contributed by atoms with van der Waals surface area (Å²) in [4.78, 5) is 10.5. The van der Waals surface area contributed by atoms with Crippen LogP contribution in [-0.4, -0.2) is 17.5 Å². The van der Waals surface area contributed by atoms with Gasteiger partial charge in [-0.05, 0) is 32.3 Å². The Balaban J connectivity index is 2.19. The van der Waals surface area contributed by atoms with Crippen LogP contribution >= 0.6 is 0 Å². The molecule has 1 aliphatic rings. The van der Waals surface area contributed by atoms with Gasteiger partial charge in [-0.1, -0.05) is 0 Å². The third-order valence-corrected chi connectivity index (χ3v) is 2.99. The van der Waals surface area contributed by atoms with E-state index in [2.05, 4.69) is 10.6 Å². The van der Waals surface area contributed by atoms with Crippen molar-refractivity contribution in [2.75, 3.05) is 17.2 Å². The van der Waals surface area contributed by atoms with E-state index in [0.717, 1.165) is 30.8 Å². The maximum absolute atomic E-state index is 10.8. The van der Waals surface area contributed by atoms with Gasteiger partial charge in [0, 0.05) is 36.1 Å². The van der Waals surface area contributed by atoms with E-state index in [1.807, 2.05) is 13.0 Å². The third kappa shape index (κ3) is 2.87. The van der Waals surface area contributed by atoms with Gasteiger partial charge < -0.3 is 10.6 Å². The number of benzene rings is 1. The minimum Gasteiger partial charge on any atom is -0.385 e. The number of nitrogens with one attached hydrogen (secondary N) is 2. The quantitative estimate of drug-likeness (QED) is 0.608. The summed E-state index contributed by atoms with van der Waals surface area (Å²) in [5.74, 6) is 0. The fourth-order valence-electron chi connectivity index (χ4n) is 1.89. The van der Waals surface area contributed by atoms with Crippen LogP contribution in [0.1, 0.15) is 26.2 Å². The van der Waals surface area contributed by atoms with E-state index >= 15 is 0 Å². The predicted octanol–water partition coefficient (Wildman–Crippen LogP) is 2.99. The van der Waals surface area contributed by atoms with E-state index in [4.69, 9.17) is 0 Å². The van der Waals surface area contributed by atoms with Gasteiger partial charge in [-0.25, -0.2) is 0 Å². The van der Waals surface area contributed by atoms with E-state index in [1.54, 1.807) is 12.1 Å². The van der Waals surface area contributed by atoms with E-state index in [1.165, 1.54) is 6.42 Å². The van der Waals surface area contributed by atoms with Gasteiger partial charge in [-0.3, -0.25) is 10.1 Å². The predicted molar refractivity (Wildman–Crippen MR) is 68.5 cm³/mol. The SMILES string of the molecule is CCNc1cc(NC2CCC2)cc([N+](=O)[O-])c1. The average Bonchev–Trinajstić information content (AvgIpc) is 2.24. The summed E-state index contributed by atoms with van der Waals surface area (Å²) < 4.78 is 0. The first-order valence-electron chi connectivity index (χ1n) is 5.99. The fraction of sp³-hybridized carbons (Fsp3) is 0.500. The number of nitro groups is 1. The topological polar surface area (TPSA) is 67.2 Å². The molecule has 2 rings (SSSR count). The molecule has 1 aromatic rings. The highest BCUT2D eigenvalue weighted by Gasteiger charge is 2.18. The van der Waals surface area contributed by atoms with Crippen molar-refractivity contribution in [3.05, 3.63) is 28.3 Å². The zero-order valence-corrected chi connectivity index (χ0v) is 9.90. The number of rotatable bonds is 5. The summed E-state index contributed by atoms with van der Waals surface area (Å²) >= 11 is 0. The molecule has 0 bridgehead atoms. The standard InChI is InChI=1S/C12H17N3O2/c1-2-13-10-6-11(14-9-4-3-5-9)8-12(7-10)15(16)17/h6-9,13-14H,2-5H2,1H3. The Morgan fingerprint density at radius 3 is 2.59 bits per heavy atom. The third-order valence-electron chi connectivity index (χ3n) is 2.99. The van der Waals surface area contributed by atoms with Gasteiger partial charge in [-0.2, -0.15) is 0 Å². The van der Waals surface area contributed by atoms with Crippen LogP contribution in [-0.2, 0) is 0 Å². The molecule has 0 heterocycles. The Hall–Kier alpha value is -1.78. The number of nitro benzene ring substituents is 1. The molecule has 0 radical (unpaired) electrons. The maximum atomic E-state index is 10.8. The number of nitrogens with zero attached hydrogens (tertiary/aromatic N) is 1. The van der Waals surface area contributed by atoms with Crippen molar-refractivity contribution in [1.82, 2.24) is 0 Å². The molecule has 1 saturated carbocycles. The summed E-state index contributed by atoms with van der Waals surface area (Å²) in [6.07, 6.45) is 3.55. The van der Waals surface area contributed by atoms with Crippen LogP contribution in [0.5, 0.6) is 0 Å². The zero-order chi connectivity index (χ0) is 12.3. The maximum Gasteiger partial charge on any atom is 0.273 e. The highest BCUT2D eigenvalue weighted by molar-refractivity contribution is 5.63. The lowest BCUT2D eigenvalue weighted by Crippen LogP contribution is -2.27. The number of hydrogen-bond acceptors (Lipinski definition) is 4. The molecule has 1 fully saturated rings. The first kappa shape index (κ1) is 11.7. The van der Waals surface area contributed by atoms with Gasteiger partial charge in [0.05, 0.1) is 4.92 Å². The van der Waals surface area contributed by atoms with E-state index in [0.29, 0.717) is 6.04 Å². The summed E-state index contributed by atoms with van der Waals surface area (Å²) in [5, 5.41) is 17.3. The summed E-state index contributed by atoms with van der Waals surface area (Å²) in [5.41, 5.74) is 1.76. The van der Waals surface area contributed by atoms with Gasteiger partial charge in [0.15, 0.2) is 0 Å². The molecule has 2 N–H and O–H groups in total. The Bertz CT molecular complexity index is 416. The van der Waals surface area contributed by atoms with E-state index in [-0.39, 0.29) is 10.6 Å². The van der Waals surface area contributed by atoms with Crippen molar-refractivity contribution in [3.8, 4) is 0 Å². The number of non-ortho nitro benzene ring substituents is 1. The smallest absolute Gasteiger partial charge is 0.273 e. The van der Waals surface area contributed by atoms with Crippen LogP contribution in [0.25, 0.3) is 0 Å². The molecular formula is C12H17N3O2. The monoisotopic (exact) mass is 235 g/mol. The van der Waals surface area contributed by atoms with Crippen LogP contribution in [0.3, 0.4) is 0 Å². The normalized spacial score (nSPS) is 15.1. The molecule has 17 heavy (non-hydrogen) atoms. The van der Waals surface area contributed by atoms with Crippen molar-refractivity contribution in [1.29, 1.82) is 0 Å². The van der Waals surface area contributed by atoms with Crippen LogP contribution in [0.4, 0.5) is 17.1 Å². The van der Waals surface area contributed by atoms with Crippen LogP contribution in [0.15, 0.2) is 18.2 Å². The van der Waals surface area contributed by atoms with Gasteiger partial charge in [0.1, 0.15) is 0 Å². The highest BCUT2D eigenvalue weighted by atomic mass is 16.6. The van der Waals surface area contributed by atoms with Crippen molar-refractivity contribution in [2.45, 2.75) is 32.2 Å². The van der Waals surface area contributed by atoms with Crippen molar-refractivity contribution in [2.24, 2.45) is 0 Å². The Morgan fingerprint density at radius 1 is 1.35 bits per heavy atom. The van der Waals surface area contributed by atoms with E-state index < -0.39 is 0 Å². The molecule has 92 valence electrons. The molecule has 0 unspecified atom stereocenters. The molecule has 0 spiro atoms. The van der Waals surface area contributed by atoms with Crippen molar-refractivity contribution < 1.29 is 4.92 Å². The molecule has 5 heteroatoms. The summed E-state index contributed by atoms with van der Waals surface area (Å²) in [6, 6.07) is 5.56. The Morgan fingerprint density at radius 2 is 2.06 bits per heavy atom. The minimum absolute atomic E-state index is 0.130. The largest absolute Gasteiger partial charge is 0.385 e. The number of hydrogen-bond donors (Lipinski definition) is 2. The molecule has 0 saturated heterocycles. The first-order valence-corrected chi connectivity index (χ1v) is 5.99. The minimum atomic E-state index is -0.354. The highest BCUT2D eigenvalue weighted by Crippen LogP contribution is 2.28.